The van der Waals surface area contributed by atoms with E-state index in [1.165, 1.54) is 0 Å². The van der Waals surface area contributed by atoms with Crippen LogP contribution in [0.4, 0.5) is 0 Å². The summed E-state index contributed by atoms with van der Waals surface area (Å²) in [6.45, 7) is 3.72. The lowest BCUT2D eigenvalue weighted by molar-refractivity contribution is -0.131. The van der Waals surface area contributed by atoms with Gasteiger partial charge in [-0.15, -0.1) is 0 Å². The number of benzene rings is 1. The van der Waals surface area contributed by atoms with Gasteiger partial charge in [-0.3, -0.25) is 0 Å². The number of hydrogen-bond donors (Lipinski definition) is 1. The molecule has 0 aliphatic rings. The number of aryl methyl sites for hydroxylation is 1. The fourth-order valence-corrected chi connectivity index (χ4v) is 2.12. The average molecular weight is 277 g/mol. The van der Waals surface area contributed by atoms with Crippen molar-refractivity contribution in [1.29, 1.82) is 0 Å². The van der Waals surface area contributed by atoms with Crippen molar-refractivity contribution in [2.24, 2.45) is 0 Å². The van der Waals surface area contributed by atoms with E-state index in [-0.39, 0.29) is 0 Å². The predicted molar refractivity (Wildman–Crippen MR) is 74.7 cm³/mol. The van der Waals surface area contributed by atoms with Crippen LogP contribution in [0.3, 0.4) is 0 Å². The third-order valence-electron chi connectivity index (χ3n) is 2.82. The minimum Gasteiger partial charge on any atom is -0.478 e. The summed E-state index contributed by atoms with van der Waals surface area (Å²) in [7, 11) is 0. The maximum Gasteiger partial charge on any atom is 0.328 e. The van der Waals surface area contributed by atoms with Gasteiger partial charge in [0.2, 0.25) is 0 Å². The summed E-state index contributed by atoms with van der Waals surface area (Å²) in [5.41, 5.74) is 3.18. The molecule has 19 heavy (non-hydrogen) atoms. The number of hydrogen-bond acceptors (Lipinski definition) is 2. The summed E-state index contributed by atoms with van der Waals surface area (Å²) in [6, 6.07) is 7.39. The first-order chi connectivity index (χ1) is 9.00. The fourth-order valence-electron chi connectivity index (χ4n) is 1.91. The molecule has 0 fully saturated rings. The Kier molecular flexibility index (Phi) is 3.71. The number of para-hydroxylation sites is 1. The first kappa shape index (κ1) is 13.4. The van der Waals surface area contributed by atoms with Gasteiger partial charge in [0.25, 0.3) is 0 Å². The molecule has 1 N–H and O–H groups in total. The van der Waals surface area contributed by atoms with Crippen molar-refractivity contribution in [2.45, 2.75) is 13.8 Å². The molecule has 0 saturated heterocycles. The molecule has 0 amide bonds. The second-order valence-electron chi connectivity index (χ2n) is 4.12. The quantitative estimate of drug-likeness (QED) is 0.876. The van der Waals surface area contributed by atoms with Crippen molar-refractivity contribution >= 4 is 23.6 Å². The molecule has 0 bridgehead atoms. The van der Waals surface area contributed by atoms with Crippen molar-refractivity contribution in [3.63, 3.8) is 0 Å². The molecule has 0 unspecified atom stereocenters. The number of aromatic nitrogens is 2. The zero-order valence-electron chi connectivity index (χ0n) is 10.6. The van der Waals surface area contributed by atoms with E-state index in [1.807, 2.05) is 32.0 Å². The van der Waals surface area contributed by atoms with E-state index >= 15 is 0 Å². The normalized spacial score (nSPS) is 11.1. The molecule has 1 heterocycles. The van der Waals surface area contributed by atoms with Crippen molar-refractivity contribution in [3.05, 3.63) is 52.3 Å². The Morgan fingerprint density at radius 2 is 2.05 bits per heavy atom. The molecule has 4 nitrogen and oxygen atoms in total. The molecule has 0 aliphatic heterocycles. The molecule has 98 valence electrons. The van der Waals surface area contributed by atoms with Gasteiger partial charge in [0, 0.05) is 17.3 Å². The number of carbonyl (C=O) groups is 1. The van der Waals surface area contributed by atoms with E-state index < -0.39 is 5.97 Å². The van der Waals surface area contributed by atoms with E-state index in [4.69, 9.17) is 16.7 Å². The molecule has 0 atom stereocenters. The van der Waals surface area contributed by atoms with E-state index in [0.29, 0.717) is 5.02 Å². The van der Waals surface area contributed by atoms with Crippen LogP contribution in [0.15, 0.2) is 30.3 Å². The standard InChI is InChI=1S/C14H13ClN2O2/c1-9-11(7-8-14(18)19)10(2)17(16-9)13-6-4-3-5-12(13)15/h3-8H,1-2H3,(H,18,19)/b8-7+. The molecule has 2 rings (SSSR count). The summed E-state index contributed by atoms with van der Waals surface area (Å²) < 4.78 is 1.72. The summed E-state index contributed by atoms with van der Waals surface area (Å²) in [4.78, 5) is 10.6. The van der Waals surface area contributed by atoms with Crippen molar-refractivity contribution < 1.29 is 9.90 Å². The van der Waals surface area contributed by atoms with Crippen LogP contribution < -0.4 is 0 Å². The van der Waals surface area contributed by atoms with Gasteiger partial charge >= 0.3 is 5.97 Å². The number of halogens is 1. The number of carboxylic acid groups (broad SMARTS) is 1. The van der Waals surface area contributed by atoms with Gasteiger partial charge in [-0.1, -0.05) is 23.7 Å². The number of rotatable bonds is 3. The third kappa shape index (κ3) is 2.69. The largest absolute Gasteiger partial charge is 0.478 e. The Morgan fingerprint density at radius 3 is 2.68 bits per heavy atom. The van der Waals surface area contributed by atoms with Gasteiger partial charge in [-0.25, -0.2) is 9.48 Å². The van der Waals surface area contributed by atoms with Crippen LogP contribution >= 0.6 is 11.6 Å². The van der Waals surface area contributed by atoms with Crippen LogP contribution in [0, 0.1) is 13.8 Å². The first-order valence-electron chi connectivity index (χ1n) is 5.73. The fraction of sp³-hybridized carbons (Fsp3) is 0.143. The Bertz CT molecular complexity index is 659. The van der Waals surface area contributed by atoms with E-state index in [0.717, 1.165) is 28.7 Å². The van der Waals surface area contributed by atoms with Gasteiger partial charge in [0.15, 0.2) is 0 Å². The highest BCUT2D eigenvalue weighted by Crippen LogP contribution is 2.24. The number of aliphatic carboxylic acids is 1. The SMILES string of the molecule is Cc1nn(-c2ccccc2Cl)c(C)c1/C=C/C(=O)O. The highest BCUT2D eigenvalue weighted by molar-refractivity contribution is 6.32. The van der Waals surface area contributed by atoms with Crippen LogP contribution in [0.2, 0.25) is 5.02 Å². The molecule has 2 aromatic rings. The minimum absolute atomic E-state index is 0.599. The lowest BCUT2D eigenvalue weighted by atomic mass is 10.2. The Hall–Kier alpha value is -2.07. The summed E-state index contributed by atoms with van der Waals surface area (Å²) in [6.07, 6.45) is 2.65. The Labute approximate surface area is 115 Å². The number of carboxylic acids is 1. The summed E-state index contributed by atoms with van der Waals surface area (Å²) in [5.74, 6) is -0.982. The van der Waals surface area contributed by atoms with E-state index in [2.05, 4.69) is 5.10 Å². The molecule has 0 aliphatic carbocycles. The van der Waals surface area contributed by atoms with E-state index in [9.17, 15) is 4.79 Å². The van der Waals surface area contributed by atoms with Crippen LogP contribution in [-0.2, 0) is 4.79 Å². The van der Waals surface area contributed by atoms with Gasteiger partial charge < -0.3 is 5.11 Å². The predicted octanol–water partition coefficient (Wildman–Crippen LogP) is 3.24. The van der Waals surface area contributed by atoms with Gasteiger partial charge in [-0.2, -0.15) is 5.10 Å². The molecule has 0 spiro atoms. The highest BCUT2D eigenvalue weighted by Gasteiger charge is 2.12. The second kappa shape index (κ2) is 5.28. The average Bonchev–Trinajstić information content (AvgIpc) is 2.63. The molecule has 1 aromatic carbocycles. The Balaban J connectivity index is 2.53. The highest BCUT2D eigenvalue weighted by atomic mass is 35.5. The summed E-state index contributed by atoms with van der Waals surface area (Å²) >= 11 is 6.15. The van der Waals surface area contributed by atoms with Crippen molar-refractivity contribution in [2.75, 3.05) is 0 Å². The molecular formula is C14H13ClN2O2. The lowest BCUT2D eigenvalue weighted by Gasteiger charge is -2.06. The smallest absolute Gasteiger partial charge is 0.328 e. The first-order valence-corrected chi connectivity index (χ1v) is 6.10. The molecule has 1 aromatic heterocycles. The minimum atomic E-state index is -0.982. The maximum atomic E-state index is 10.6. The van der Waals surface area contributed by atoms with Crippen LogP contribution in [-0.4, -0.2) is 20.9 Å². The van der Waals surface area contributed by atoms with Gasteiger partial charge in [0.1, 0.15) is 0 Å². The third-order valence-corrected chi connectivity index (χ3v) is 3.14. The topological polar surface area (TPSA) is 55.1 Å². The zero-order chi connectivity index (χ0) is 14.0. The van der Waals surface area contributed by atoms with Crippen molar-refractivity contribution in [3.8, 4) is 5.69 Å². The second-order valence-corrected chi connectivity index (χ2v) is 4.53. The molecule has 5 heteroatoms. The van der Waals surface area contributed by atoms with Crippen LogP contribution in [0.25, 0.3) is 11.8 Å². The van der Waals surface area contributed by atoms with E-state index in [1.54, 1.807) is 16.8 Å². The zero-order valence-corrected chi connectivity index (χ0v) is 11.3. The maximum absolute atomic E-state index is 10.6. The lowest BCUT2D eigenvalue weighted by Crippen LogP contribution is -1.99. The van der Waals surface area contributed by atoms with Crippen LogP contribution in [0.5, 0.6) is 0 Å². The van der Waals surface area contributed by atoms with Gasteiger partial charge in [0.05, 0.1) is 16.4 Å². The number of nitrogens with zero attached hydrogens (tertiary/aromatic N) is 2. The molecule has 0 saturated carbocycles. The van der Waals surface area contributed by atoms with Crippen LogP contribution in [0.1, 0.15) is 17.0 Å². The molecular weight excluding hydrogens is 264 g/mol. The van der Waals surface area contributed by atoms with Crippen molar-refractivity contribution in [1.82, 2.24) is 9.78 Å². The summed E-state index contributed by atoms with van der Waals surface area (Å²) in [5, 5.41) is 13.7. The molecule has 0 radical (unpaired) electrons. The van der Waals surface area contributed by atoms with Gasteiger partial charge in [-0.05, 0) is 32.1 Å². The monoisotopic (exact) mass is 276 g/mol. The Morgan fingerprint density at radius 1 is 1.37 bits per heavy atom.